The van der Waals surface area contributed by atoms with Gasteiger partial charge in [0.25, 0.3) is 0 Å². The van der Waals surface area contributed by atoms with Gasteiger partial charge in [-0.25, -0.2) is 0 Å². The third-order valence-corrected chi connectivity index (χ3v) is 8.64. The van der Waals surface area contributed by atoms with Gasteiger partial charge in [0.1, 0.15) is 0 Å². The zero-order valence-electron chi connectivity index (χ0n) is 20.0. The number of hydrogen-bond donors (Lipinski definition) is 2. The van der Waals surface area contributed by atoms with Crippen molar-refractivity contribution in [1.29, 1.82) is 0 Å². The number of para-hydroxylation sites is 3. The molecule has 2 N–H and O–H groups in total. The molecule has 0 amide bonds. The summed E-state index contributed by atoms with van der Waals surface area (Å²) in [6.07, 6.45) is 2.11. The van der Waals surface area contributed by atoms with E-state index in [1.165, 1.54) is 30.8 Å². The van der Waals surface area contributed by atoms with E-state index in [0.717, 1.165) is 30.8 Å². The van der Waals surface area contributed by atoms with Gasteiger partial charge in [-0.15, -0.1) is 22.7 Å². The molecule has 0 bridgehead atoms. The van der Waals surface area contributed by atoms with Crippen molar-refractivity contribution in [1.82, 2.24) is 0 Å². The molecule has 172 valence electrons. The molecule has 4 rings (SSSR count). The van der Waals surface area contributed by atoms with E-state index in [1.54, 1.807) is 0 Å². The summed E-state index contributed by atoms with van der Waals surface area (Å²) >= 11 is 3.85. The molecule has 0 fully saturated rings. The molecule has 0 saturated heterocycles. The van der Waals surface area contributed by atoms with Crippen molar-refractivity contribution >= 4 is 39.7 Å². The minimum Gasteiger partial charge on any atom is -0.378 e. The molecule has 2 aromatic heterocycles. The van der Waals surface area contributed by atoms with Gasteiger partial charge in [0.15, 0.2) is 0 Å². The Morgan fingerprint density at radius 3 is 1.85 bits per heavy atom. The van der Waals surface area contributed by atoms with Gasteiger partial charge in [0, 0.05) is 31.7 Å². The van der Waals surface area contributed by atoms with Crippen LogP contribution in [0.4, 0.5) is 17.1 Å². The Morgan fingerprint density at radius 2 is 1.18 bits per heavy atom. The Kier molecular flexibility index (Phi) is 7.89. The maximum Gasteiger partial charge on any atom is 0.0620 e. The molecule has 2 heterocycles. The molecule has 4 aromatic rings. The molecule has 2 nitrogen and oxygen atoms in total. The normalized spacial score (nSPS) is 11.3. The summed E-state index contributed by atoms with van der Waals surface area (Å²) in [5, 5.41) is 7.35. The van der Waals surface area contributed by atoms with E-state index < -0.39 is 0 Å². The fraction of sp³-hybridized carbons (Fsp3) is 0.310. The summed E-state index contributed by atoms with van der Waals surface area (Å²) in [7, 11) is 0. The quantitative estimate of drug-likeness (QED) is 0.239. The number of rotatable bonds is 10. The van der Waals surface area contributed by atoms with Gasteiger partial charge < -0.3 is 10.6 Å². The van der Waals surface area contributed by atoms with Crippen LogP contribution in [0.1, 0.15) is 64.6 Å². The average molecular weight is 475 g/mol. The SMILES string of the molecule is CC(C)c1ccc(CCc2ccccc2Nc2ccccc2NCc2ccc(C(C)C)s2)s1. The molecular formula is C29H34N2S2. The monoisotopic (exact) mass is 474 g/mol. The second kappa shape index (κ2) is 11.0. The first kappa shape index (κ1) is 23.6. The second-order valence-electron chi connectivity index (χ2n) is 9.10. The van der Waals surface area contributed by atoms with Crippen LogP contribution >= 0.6 is 22.7 Å². The zero-order chi connectivity index (χ0) is 23.2. The number of hydrogen-bond acceptors (Lipinski definition) is 4. The summed E-state index contributed by atoms with van der Waals surface area (Å²) in [4.78, 5) is 5.75. The first-order valence-electron chi connectivity index (χ1n) is 11.8. The zero-order valence-corrected chi connectivity index (χ0v) is 21.7. The molecule has 0 atom stereocenters. The third-order valence-electron chi connectivity index (χ3n) is 5.81. The topological polar surface area (TPSA) is 24.1 Å². The molecule has 0 radical (unpaired) electrons. The van der Waals surface area contributed by atoms with Crippen LogP contribution in [-0.2, 0) is 19.4 Å². The van der Waals surface area contributed by atoms with Crippen molar-refractivity contribution in [3.05, 3.63) is 97.9 Å². The average Bonchev–Trinajstić information content (AvgIpc) is 3.48. The minimum absolute atomic E-state index is 0.584. The van der Waals surface area contributed by atoms with E-state index >= 15 is 0 Å². The lowest BCUT2D eigenvalue weighted by Crippen LogP contribution is -2.03. The summed E-state index contributed by atoms with van der Waals surface area (Å²) in [5.41, 5.74) is 4.78. The highest BCUT2D eigenvalue weighted by molar-refractivity contribution is 7.12. The molecule has 4 heteroatoms. The summed E-state index contributed by atoms with van der Waals surface area (Å²) in [6.45, 7) is 9.88. The lowest BCUT2D eigenvalue weighted by atomic mass is 10.1. The number of nitrogens with one attached hydrogen (secondary N) is 2. The Labute approximate surface area is 206 Å². The van der Waals surface area contributed by atoms with E-state index in [2.05, 4.69) is 111 Å². The van der Waals surface area contributed by atoms with Crippen LogP contribution in [0.3, 0.4) is 0 Å². The molecule has 0 unspecified atom stereocenters. The van der Waals surface area contributed by atoms with Crippen molar-refractivity contribution < 1.29 is 0 Å². The molecule has 2 aromatic carbocycles. The van der Waals surface area contributed by atoms with E-state index in [1.807, 2.05) is 22.7 Å². The van der Waals surface area contributed by atoms with Crippen molar-refractivity contribution in [2.45, 2.75) is 58.9 Å². The van der Waals surface area contributed by atoms with Gasteiger partial charge >= 0.3 is 0 Å². The van der Waals surface area contributed by atoms with Crippen LogP contribution in [0, 0.1) is 0 Å². The van der Waals surface area contributed by atoms with Gasteiger partial charge in [0.05, 0.1) is 11.4 Å². The number of benzene rings is 2. The molecule has 0 aliphatic carbocycles. The summed E-state index contributed by atoms with van der Waals surface area (Å²) < 4.78 is 0. The van der Waals surface area contributed by atoms with Gasteiger partial charge in [-0.1, -0.05) is 58.0 Å². The highest BCUT2D eigenvalue weighted by atomic mass is 32.1. The lowest BCUT2D eigenvalue weighted by molar-refractivity contribution is 0.890. The first-order chi connectivity index (χ1) is 16.0. The standard InChI is InChI=1S/C29H34N2S2/c1-20(2)28-17-15-23(32-28)14-13-22-9-5-6-10-25(22)31-27-12-8-7-11-26(27)30-19-24-16-18-29(33-24)21(3)4/h5-12,15-18,20-21,30-31H,13-14,19H2,1-4H3. The van der Waals surface area contributed by atoms with Gasteiger partial charge in [0.2, 0.25) is 0 Å². The molecule has 0 saturated carbocycles. The van der Waals surface area contributed by atoms with Crippen molar-refractivity contribution in [2.24, 2.45) is 0 Å². The van der Waals surface area contributed by atoms with E-state index in [-0.39, 0.29) is 0 Å². The number of thiophene rings is 2. The largest absolute Gasteiger partial charge is 0.378 e. The van der Waals surface area contributed by atoms with Crippen molar-refractivity contribution in [2.75, 3.05) is 10.6 Å². The van der Waals surface area contributed by atoms with Crippen LogP contribution in [-0.4, -0.2) is 0 Å². The molecule has 0 aliphatic heterocycles. The third kappa shape index (κ3) is 6.27. The van der Waals surface area contributed by atoms with Crippen LogP contribution in [0.25, 0.3) is 0 Å². The van der Waals surface area contributed by atoms with Crippen LogP contribution < -0.4 is 10.6 Å². The van der Waals surface area contributed by atoms with Gasteiger partial charge in [-0.3, -0.25) is 0 Å². The van der Waals surface area contributed by atoms with Crippen LogP contribution in [0.2, 0.25) is 0 Å². The van der Waals surface area contributed by atoms with Crippen LogP contribution in [0.5, 0.6) is 0 Å². The highest BCUT2D eigenvalue weighted by Crippen LogP contribution is 2.31. The maximum absolute atomic E-state index is 3.70. The predicted molar refractivity (Wildman–Crippen MR) is 148 cm³/mol. The van der Waals surface area contributed by atoms with E-state index in [4.69, 9.17) is 0 Å². The van der Waals surface area contributed by atoms with E-state index in [0.29, 0.717) is 11.8 Å². The smallest absolute Gasteiger partial charge is 0.0620 e. The van der Waals surface area contributed by atoms with Crippen molar-refractivity contribution in [3.8, 4) is 0 Å². The van der Waals surface area contributed by atoms with Crippen LogP contribution in [0.15, 0.2) is 72.8 Å². The van der Waals surface area contributed by atoms with Gasteiger partial charge in [-0.2, -0.15) is 0 Å². The predicted octanol–water partition coefficient (Wildman–Crippen LogP) is 9.20. The van der Waals surface area contributed by atoms with E-state index in [9.17, 15) is 0 Å². The minimum atomic E-state index is 0.584. The highest BCUT2D eigenvalue weighted by Gasteiger charge is 2.09. The molecule has 33 heavy (non-hydrogen) atoms. The number of aryl methyl sites for hydroxylation is 2. The summed E-state index contributed by atoms with van der Waals surface area (Å²) in [5.74, 6) is 1.19. The Bertz CT molecular complexity index is 1080. The fourth-order valence-corrected chi connectivity index (χ4v) is 5.80. The Balaban J connectivity index is 1.44. The Morgan fingerprint density at radius 1 is 0.606 bits per heavy atom. The molecule has 0 spiro atoms. The first-order valence-corrected chi connectivity index (χ1v) is 13.5. The van der Waals surface area contributed by atoms with Crippen molar-refractivity contribution in [3.63, 3.8) is 0 Å². The maximum atomic E-state index is 3.70. The molecule has 0 aliphatic rings. The number of anilines is 3. The fourth-order valence-electron chi connectivity index (χ4n) is 3.83. The lowest BCUT2D eigenvalue weighted by Gasteiger charge is -2.16. The summed E-state index contributed by atoms with van der Waals surface area (Å²) in [6, 6.07) is 26.3. The second-order valence-corrected chi connectivity index (χ2v) is 11.5. The van der Waals surface area contributed by atoms with Gasteiger partial charge in [-0.05, 0) is 72.7 Å². The Hall–Kier alpha value is -2.56. The molecular weight excluding hydrogens is 440 g/mol.